The molecule has 0 aromatic heterocycles. The quantitative estimate of drug-likeness (QED) is 0.300. The maximum atomic E-state index is 12.7. The minimum absolute atomic E-state index is 0.0158. The average Bonchev–Trinajstić information content (AvgIpc) is 2.60. The summed E-state index contributed by atoms with van der Waals surface area (Å²) in [5, 5.41) is 10.7. The van der Waals surface area contributed by atoms with E-state index in [1.165, 1.54) is 37.8 Å². The van der Waals surface area contributed by atoms with Crippen molar-refractivity contribution in [2.75, 3.05) is 13.1 Å². The first-order valence-corrected chi connectivity index (χ1v) is 9.13. The molecule has 0 saturated carbocycles. The molecular weight excluding hydrogens is 304 g/mol. The molecule has 0 N–H and O–H groups in total. The predicted octanol–water partition coefficient (Wildman–Crippen LogP) is 5.20. The number of hydrogen-bond acceptors (Lipinski definition) is 3. The second-order valence-corrected chi connectivity index (χ2v) is 6.22. The molecule has 0 bridgehead atoms. The molecule has 0 atom stereocenters. The van der Waals surface area contributed by atoms with E-state index in [1.54, 1.807) is 12.1 Å². The molecule has 5 heteroatoms. The van der Waals surface area contributed by atoms with Gasteiger partial charge in [0.15, 0.2) is 0 Å². The first-order chi connectivity index (χ1) is 11.6. The van der Waals surface area contributed by atoms with Gasteiger partial charge in [-0.3, -0.25) is 14.9 Å². The summed E-state index contributed by atoms with van der Waals surface area (Å²) >= 11 is 0. The van der Waals surface area contributed by atoms with Crippen LogP contribution in [0.25, 0.3) is 0 Å². The number of rotatable bonds is 12. The van der Waals surface area contributed by atoms with E-state index in [-0.39, 0.29) is 11.6 Å². The van der Waals surface area contributed by atoms with Crippen LogP contribution in [0.4, 0.5) is 5.69 Å². The normalized spacial score (nSPS) is 10.6. The van der Waals surface area contributed by atoms with Crippen LogP contribution in [0.1, 0.15) is 75.6 Å². The van der Waals surface area contributed by atoms with Crippen molar-refractivity contribution in [2.24, 2.45) is 0 Å². The highest BCUT2D eigenvalue weighted by molar-refractivity contribution is 5.94. The van der Waals surface area contributed by atoms with E-state index in [0.29, 0.717) is 5.56 Å². The second kappa shape index (κ2) is 11.6. The molecule has 1 amide bonds. The lowest BCUT2D eigenvalue weighted by molar-refractivity contribution is -0.384. The molecule has 1 aromatic carbocycles. The van der Waals surface area contributed by atoms with Crippen molar-refractivity contribution >= 4 is 11.6 Å². The van der Waals surface area contributed by atoms with E-state index < -0.39 is 4.92 Å². The zero-order valence-electron chi connectivity index (χ0n) is 15.0. The minimum Gasteiger partial charge on any atom is -0.339 e. The van der Waals surface area contributed by atoms with Gasteiger partial charge in [-0.05, 0) is 25.0 Å². The summed E-state index contributed by atoms with van der Waals surface area (Å²) in [6, 6.07) is 5.93. The molecule has 0 spiro atoms. The fourth-order valence-corrected chi connectivity index (χ4v) is 2.68. The second-order valence-electron chi connectivity index (χ2n) is 6.22. The number of unbranched alkanes of at least 4 members (excludes halogenated alkanes) is 6. The third-order valence-electron chi connectivity index (χ3n) is 4.18. The molecule has 1 rings (SSSR count). The van der Waals surface area contributed by atoms with Gasteiger partial charge in [0.2, 0.25) is 0 Å². The Hall–Kier alpha value is -1.91. The van der Waals surface area contributed by atoms with Crippen LogP contribution < -0.4 is 0 Å². The number of nitro groups is 1. The van der Waals surface area contributed by atoms with E-state index in [2.05, 4.69) is 13.8 Å². The summed E-state index contributed by atoms with van der Waals surface area (Å²) < 4.78 is 0. The van der Waals surface area contributed by atoms with Crippen molar-refractivity contribution in [1.82, 2.24) is 4.90 Å². The average molecular weight is 334 g/mol. The number of hydrogen-bond donors (Lipinski definition) is 0. The Morgan fingerprint density at radius 1 is 0.917 bits per heavy atom. The molecule has 0 aliphatic carbocycles. The van der Waals surface area contributed by atoms with Crippen molar-refractivity contribution in [3.63, 3.8) is 0 Å². The van der Waals surface area contributed by atoms with Gasteiger partial charge in [0.1, 0.15) is 0 Å². The van der Waals surface area contributed by atoms with Crippen LogP contribution >= 0.6 is 0 Å². The Kier molecular flexibility index (Phi) is 9.73. The molecule has 0 saturated heterocycles. The van der Waals surface area contributed by atoms with Gasteiger partial charge in [-0.2, -0.15) is 0 Å². The van der Waals surface area contributed by atoms with Gasteiger partial charge in [-0.15, -0.1) is 0 Å². The number of non-ortho nitro benzene ring substituents is 1. The Labute approximate surface area is 145 Å². The highest BCUT2D eigenvalue weighted by Crippen LogP contribution is 2.15. The van der Waals surface area contributed by atoms with Crippen LogP contribution in [0.3, 0.4) is 0 Å². The van der Waals surface area contributed by atoms with Gasteiger partial charge in [-0.25, -0.2) is 0 Å². The Morgan fingerprint density at radius 3 is 1.83 bits per heavy atom. The van der Waals surface area contributed by atoms with Gasteiger partial charge in [0, 0.05) is 30.8 Å². The summed E-state index contributed by atoms with van der Waals surface area (Å²) in [6.45, 7) is 5.87. The van der Waals surface area contributed by atoms with Crippen molar-refractivity contribution in [2.45, 2.75) is 65.2 Å². The number of benzene rings is 1. The molecule has 134 valence electrons. The Morgan fingerprint density at radius 2 is 1.42 bits per heavy atom. The standard InChI is InChI=1S/C19H30N2O3/c1-3-5-7-9-15-20(16-10-8-6-4-2)19(22)17-11-13-18(14-12-17)21(23)24/h11-14H,3-10,15-16H2,1-2H3. The summed E-state index contributed by atoms with van der Waals surface area (Å²) in [6.07, 6.45) is 9.02. The zero-order chi connectivity index (χ0) is 17.8. The third-order valence-corrected chi connectivity index (χ3v) is 4.18. The van der Waals surface area contributed by atoms with E-state index in [9.17, 15) is 14.9 Å². The van der Waals surface area contributed by atoms with Gasteiger partial charge >= 0.3 is 0 Å². The topological polar surface area (TPSA) is 63.5 Å². The summed E-state index contributed by atoms with van der Waals surface area (Å²) in [7, 11) is 0. The van der Waals surface area contributed by atoms with Crippen LogP contribution in [0.5, 0.6) is 0 Å². The van der Waals surface area contributed by atoms with Crippen LogP contribution in [0, 0.1) is 10.1 Å². The fraction of sp³-hybridized carbons (Fsp3) is 0.632. The monoisotopic (exact) mass is 334 g/mol. The van der Waals surface area contributed by atoms with Crippen LogP contribution in [0.2, 0.25) is 0 Å². The van der Waals surface area contributed by atoms with Crippen molar-refractivity contribution in [3.05, 3.63) is 39.9 Å². The lowest BCUT2D eigenvalue weighted by atomic mass is 10.1. The van der Waals surface area contributed by atoms with Crippen molar-refractivity contribution in [1.29, 1.82) is 0 Å². The van der Waals surface area contributed by atoms with Gasteiger partial charge in [0.25, 0.3) is 11.6 Å². The number of amides is 1. The van der Waals surface area contributed by atoms with Gasteiger partial charge in [-0.1, -0.05) is 52.4 Å². The fourth-order valence-electron chi connectivity index (χ4n) is 2.68. The lowest BCUT2D eigenvalue weighted by Crippen LogP contribution is -2.33. The highest BCUT2D eigenvalue weighted by atomic mass is 16.6. The summed E-state index contributed by atoms with van der Waals surface area (Å²) in [5.41, 5.74) is 0.551. The van der Waals surface area contributed by atoms with E-state index in [0.717, 1.165) is 38.8 Å². The minimum atomic E-state index is -0.443. The lowest BCUT2D eigenvalue weighted by Gasteiger charge is -2.23. The number of nitrogens with zero attached hydrogens (tertiary/aromatic N) is 2. The molecule has 5 nitrogen and oxygen atoms in total. The molecule has 1 aromatic rings. The predicted molar refractivity (Wildman–Crippen MR) is 97.3 cm³/mol. The summed E-state index contributed by atoms with van der Waals surface area (Å²) in [5.74, 6) is -0.0158. The number of carbonyl (C=O) groups excluding carboxylic acids is 1. The molecule has 0 radical (unpaired) electrons. The number of carbonyl (C=O) groups is 1. The molecule has 0 heterocycles. The van der Waals surface area contributed by atoms with Crippen LogP contribution in [-0.4, -0.2) is 28.8 Å². The third kappa shape index (κ3) is 7.11. The first-order valence-electron chi connectivity index (χ1n) is 9.13. The Balaban J connectivity index is 2.67. The van der Waals surface area contributed by atoms with E-state index in [4.69, 9.17) is 0 Å². The molecule has 0 aliphatic rings. The summed E-state index contributed by atoms with van der Waals surface area (Å²) in [4.78, 5) is 24.9. The van der Waals surface area contributed by atoms with Gasteiger partial charge < -0.3 is 4.90 Å². The van der Waals surface area contributed by atoms with Crippen molar-refractivity contribution in [3.8, 4) is 0 Å². The van der Waals surface area contributed by atoms with E-state index in [1.807, 2.05) is 4.90 Å². The molecular formula is C19H30N2O3. The zero-order valence-corrected chi connectivity index (χ0v) is 15.0. The van der Waals surface area contributed by atoms with Crippen LogP contribution in [-0.2, 0) is 0 Å². The maximum absolute atomic E-state index is 12.7. The first kappa shape index (κ1) is 20.1. The Bertz CT molecular complexity index is 488. The van der Waals surface area contributed by atoms with Gasteiger partial charge in [0.05, 0.1) is 4.92 Å². The SMILES string of the molecule is CCCCCCN(CCCCCC)C(=O)c1ccc([N+](=O)[O-])cc1. The molecule has 0 fully saturated rings. The highest BCUT2D eigenvalue weighted by Gasteiger charge is 2.16. The maximum Gasteiger partial charge on any atom is 0.269 e. The molecule has 0 unspecified atom stereocenters. The van der Waals surface area contributed by atoms with E-state index >= 15 is 0 Å². The number of nitro benzene ring substituents is 1. The smallest absolute Gasteiger partial charge is 0.269 e. The largest absolute Gasteiger partial charge is 0.339 e. The van der Waals surface area contributed by atoms with Crippen molar-refractivity contribution < 1.29 is 9.72 Å². The molecule has 24 heavy (non-hydrogen) atoms. The molecule has 0 aliphatic heterocycles. The van der Waals surface area contributed by atoms with Crippen LogP contribution in [0.15, 0.2) is 24.3 Å².